The molecule has 1 aromatic rings. The number of halogens is 2. The second-order valence-corrected chi connectivity index (χ2v) is 7.13. The number of rotatable bonds is 6. The molecule has 1 aliphatic rings. The molecule has 2 rings (SSSR count). The topological polar surface area (TPSA) is 93.1 Å². The summed E-state index contributed by atoms with van der Waals surface area (Å²) in [6.07, 6.45) is -1.94. The fraction of sp³-hybridized carbons (Fsp3) is 0.526. The number of carboxylic acids is 1. The minimum Gasteiger partial charge on any atom is -0.480 e. The Morgan fingerprint density at radius 3 is 2.50 bits per heavy atom. The molecule has 1 aromatic carbocycles. The molecule has 0 saturated carbocycles. The predicted octanol–water partition coefficient (Wildman–Crippen LogP) is 2.96. The Bertz CT molecular complexity index is 754. The second-order valence-electron chi connectivity index (χ2n) is 7.13. The Hall–Kier alpha value is -2.71. The monoisotopic (exact) mass is 399 g/mol. The zero-order chi connectivity index (χ0) is 21.0. The van der Waals surface area contributed by atoms with Crippen LogP contribution in [0.2, 0.25) is 0 Å². The lowest BCUT2D eigenvalue weighted by molar-refractivity contribution is -0.174. The van der Waals surface area contributed by atoms with E-state index in [0.29, 0.717) is 0 Å². The third-order valence-electron chi connectivity index (χ3n) is 4.49. The zero-order valence-corrected chi connectivity index (χ0v) is 15.9. The Morgan fingerprint density at radius 2 is 1.93 bits per heavy atom. The Labute approximate surface area is 161 Å². The van der Waals surface area contributed by atoms with Gasteiger partial charge in [-0.15, -0.1) is 0 Å². The largest absolute Gasteiger partial charge is 0.480 e. The number of carbonyl (C=O) groups is 3. The fourth-order valence-electron chi connectivity index (χ4n) is 3.15. The molecule has 1 amide bonds. The van der Waals surface area contributed by atoms with Gasteiger partial charge >= 0.3 is 18.0 Å². The molecule has 1 aliphatic heterocycles. The molecule has 0 radical (unpaired) electrons. The highest BCUT2D eigenvalue weighted by Gasteiger charge is 2.41. The summed E-state index contributed by atoms with van der Waals surface area (Å²) in [5.74, 6) is -4.56. The number of ether oxygens (including phenoxy) is 2. The smallest absolute Gasteiger partial charge is 0.413 e. The molecule has 0 aromatic heterocycles. The van der Waals surface area contributed by atoms with Crippen LogP contribution in [-0.4, -0.2) is 46.9 Å². The molecule has 0 spiro atoms. The number of carboxylic acid groups (broad SMARTS) is 1. The maximum atomic E-state index is 13.9. The predicted molar refractivity (Wildman–Crippen MR) is 93.2 cm³/mol. The van der Waals surface area contributed by atoms with Crippen molar-refractivity contribution >= 4 is 18.0 Å². The van der Waals surface area contributed by atoms with Crippen LogP contribution in [-0.2, 0) is 25.5 Å². The molecule has 1 saturated heterocycles. The Morgan fingerprint density at radius 1 is 1.25 bits per heavy atom. The van der Waals surface area contributed by atoms with Gasteiger partial charge in [0.1, 0.15) is 6.04 Å². The molecule has 0 unspecified atom stereocenters. The molecule has 7 nitrogen and oxygen atoms in total. The second kappa shape index (κ2) is 8.99. The average molecular weight is 399 g/mol. The summed E-state index contributed by atoms with van der Waals surface area (Å²) >= 11 is 0. The first-order valence-electron chi connectivity index (χ1n) is 8.90. The number of amides is 1. The lowest BCUT2D eigenvalue weighted by Crippen LogP contribution is -2.43. The molecule has 9 heteroatoms. The molecule has 3 atom stereocenters. The normalized spacial score (nSPS) is 20.1. The third-order valence-corrected chi connectivity index (χ3v) is 4.49. The molecule has 1 fully saturated rings. The van der Waals surface area contributed by atoms with Gasteiger partial charge in [-0.05, 0) is 30.4 Å². The van der Waals surface area contributed by atoms with Crippen LogP contribution in [0.5, 0.6) is 0 Å². The maximum Gasteiger partial charge on any atom is 0.413 e. The van der Waals surface area contributed by atoms with E-state index >= 15 is 0 Å². The lowest BCUT2D eigenvalue weighted by Gasteiger charge is -2.26. The van der Waals surface area contributed by atoms with Crippen molar-refractivity contribution in [1.29, 1.82) is 0 Å². The van der Waals surface area contributed by atoms with Gasteiger partial charge in [0.2, 0.25) is 0 Å². The first kappa shape index (κ1) is 21.6. The van der Waals surface area contributed by atoms with Gasteiger partial charge in [0.15, 0.2) is 11.6 Å². The third kappa shape index (κ3) is 5.17. The average Bonchev–Trinajstić information content (AvgIpc) is 3.02. The molecule has 154 valence electrons. The number of hydrogen-bond acceptors (Lipinski definition) is 5. The van der Waals surface area contributed by atoms with Gasteiger partial charge in [0.25, 0.3) is 6.29 Å². The van der Waals surface area contributed by atoms with Crippen LogP contribution in [0.1, 0.15) is 32.8 Å². The standard InChI is InChI=1S/C19H23F2NO6/c1-10(2)18(27-11(3)23)28-19(26)22-9-12(8-15(22)17(24)25)7-13-5-4-6-14(20)16(13)21/h4-6,10,12,15,18H,7-9H2,1-3H3,(H,24,25)/t12-,15-,18-/m0/s1. The van der Waals surface area contributed by atoms with E-state index in [4.69, 9.17) is 9.47 Å². The summed E-state index contributed by atoms with van der Waals surface area (Å²) in [5.41, 5.74) is 0.115. The summed E-state index contributed by atoms with van der Waals surface area (Å²) in [6.45, 7) is 4.52. The van der Waals surface area contributed by atoms with E-state index in [1.165, 1.54) is 19.1 Å². The molecule has 1 N–H and O–H groups in total. The van der Waals surface area contributed by atoms with Crippen molar-refractivity contribution < 1.29 is 37.7 Å². The zero-order valence-electron chi connectivity index (χ0n) is 15.9. The quantitative estimate of drug-likeness (QED) is 0.584. The van der Waals surface area contributed by atoms with Gasteiger partial charge in [-0.25, -0.2) is 18.4 Å². The summed E-state index contributed by atoms with van der Waals surface area (Å²) in [7, 11) is 0. The lowest BCUT2D eigenvalue weighted by atomic mass is 9.96. The van der Waals surface area contributed by atoms with Gasteiger partial charge in [-0.2, -0.15) is 0 Å². The number of aliphatic carboxylic acids is 1. The first-order chi connectivity index (χ1) is 13.1. The van der Waals surface area contributed by atoms with E-state index < -0.39 is 47.9 Å². The van der Waals surface area contributed by atoms with Crippen molar-refractivity contribution in [3.63, 3.8) is 0 Å². The minimum absolute atomic E-state index is 0.00333. The maximum absolute atomic E-state index is 13.9. The van der Waals surface area contributed by atoms with Crippen molar-refractivity contribution in [2.75, 3.05) is 6.54 Å². The van der Waals surface area contributed by atoms with Crippen LogP contribution in [0.15, 0.2) is 18.2 Å². The summed E-state index contributed by atoms with van der Waals surface area (Å²) in [5, 5.41) is 9.43. The van der Waals surface area contributed by atoms with Crippen LogP contribution in [0.4, 0.5) is 13.6 Å². The Balaban J connectivity index is 2.12. The van der Waals surface area contributed by atoms with Crippen LogP contribution in [0.25, 0.3) is 0 Å². The number of likely N-dealkylation sites (tertiary alicyclic amines) is 1. The number of nitrogens with zero attached hydrogens (tertiary/aromatic N) is 1. The van der Waals surface area contributed by atoms with E-state index in [-0.39, 0.29) is 30.9 Å². The first-order valence-corrected chi connectivity index (χ1v) is 8.90. The van der Waals surface area contributed by atoms with Gasteiger partial charge < -0.3 is 14.6 Å². The van der Waals surface area contributed by atoms with Crippen LogP contribution in [0, 0.1) is 23.5 Å². The molecular formula is C19H23F2NO6. The molecule has 0 aliphatic carbocycles. The van der Waals surface area contributed by atoms with Gasteiger partial charge in [-0.3, -0.25) is 9.69 Å². The van der Waals surface area contributed by atoms with E-state index in [0.717, 1.165) is 11.0 Å². The molecular weight excluding hydrogens is 376 g/mol. The highest BCUT2D eigenvalue weighted by Crippen LogP contribution is 2.29. The molecule has 0 bridgehead atoms. The number of esters is 1. The van der Waals surface area contributed by atoms with E-state index in [2.05, 4.69) is 0 Å². The van der Waals surface area contributed by atoms with Gasteiger partial charge in [-0.1, -0.05) is 26.0 Å². The minimum atomic E-state index is -1.23. The van der Waals surface area contributed by atoms with Crippen molar-refractivity contribution in [2.24, 2.45) is 11.8 Å². The number of carbonyl (C=O) groups excluding carboxylic acids is 2. The number of hydrogen-bond donors (Lipinski definition) is 1. The summed E-state index contributed by atoms with van der Waals surface area (Å²) < 4.78 is 37.4. The van der Waals surface area contributed by atoms with Crippen molar-refractivity contribution in [1.82, 2.24) is 4.90 Å². The van der Waals surface area contributed by atoms with Crippen LogP contribution >= 0.6 is 0 Å². The van der Waals surface area contributed by atoms with E-state index in [1.54, 1.807) is 13.8 Å². The molecule has 28 heavy (non-hydrogen) atoms. The van der Waals surface area contributed by atoms with Crippen LogP contribution in [0.3, 0.4) is 0 Å². The summed E-state index contributed by atoms with van der Waals surface area (Å²) in [4.78, 5) is 36.2. The Kier molecular flexibility index (Phi) is 6.93. The number of benzene rings is 1. The van der Waals surface area contributed by atoms with Crippen molar-refractivity contribution in [2.45, 2.75) is 45.9 Å². The van der Waals surface area contributed by atoms with Crippen molar-refractivity contribution in [3.8, 4) is 0 Å². The van der Waals surface area contributed by atoms with E-state index in [1.807, 2.05) is 0 Å². The molecule has 1 heterocycles. The highest BCUT2D eigenvalue weighted by molar-refractivity contribution is 5.81. The fourth-order valence-corrected chi connectivity index (χ4v) is 3.15. The van der Waals surface area contributed by atoms with Crippen molar-refractivity contribution in [3.05, 3.63) is 35.4 Å². The van der Waals surface area contributed by atoms with Crippen LogP contribution < -0.4 is 0 Å². The van der Waals surface area contributed by atoms with E-state index in [9.17, 15) is 28.3 Å². The van der Waals surface area contributed by atoms with Gasteiger partial charge in [0.05, 0.1) is 0 Å². The highest BCUT2D eigenvalue weighted by atomic mass is 19.2. The van der Waals surface area contributed by atoms with Gasteiger partial charge in [0, 0.05) is 19.4 Å². The summed E-state index contributed by atoms with van der Waals surface area (Å²) in [6, 6.07) is 2.62. The SMILES string of the molecule is CC(=O)O[C@@H](OC(=O)N1C[C@@H](Cc2cccc(F)c2F)C[C@H]1C(=O)O)C(C)C.